The first kappa shape index (κ1) is 12.0. The lowest BCUT2D eigenvalue weighted by molar-refractivity contribution is 0.376. The third-order valence-electron chi connectivity index (χ3n) is 3.85. The summed E-state index contributed by atoms with van der Waals surface area (Å²) in [4.78, 5) is 7.11. The second-order valence-corrected chi connectivity index (χ2v) is 4.89. The number of hydrogen-bond donors (Lipinski definition) is 0. The van der Waals surface area contributed by atoms with Crippen LogP contribution in [0.2, 0.25) is 0 Å². The Labute approximate surface area is 113 Å². The number of fused-ring (bicyclic) bond motifs is 2. The minimum Gasteiger partial charge on any atom is -0.497 e. The van der Waals surface area contributed by atoms with Gasteiger partial charge in [0.25, 0.3) is 0 Å². The molecular formula is C16H18N2O. The predicted octanol–water partition coefficient (Wildman–Crippen LogP) is 1.60. The molecule has 1 aromatic carbocycles. The third-order valence-corrected chi connectivity index (χ3v) is 3.85. The molecule has 0 bridgehead atoms. The van der Waals surface area contributed by atoms with Gasteiger partial charge in [-0.25, -0.2) is 4.99 Å². The van der Waals surface area contributed by atoms with Gasteiger partial charge in [0.1, 0.15) is 5.75 Å². The number of ether oxygens (including phenoxy) is 1. The van der Waals surface area contributed by atoms with Crippen LogP contribution < -0.4 is 15.3 Å². The maximum Gasteiger partial charge on any atom is 0.121 e. The van der Waals surface area contributed by atoms with E-state index in [4.69, 9.17) is 9.73 Å². The highest BCUT2D eigenvalue weighted by Gasteiger charge is 2.23. The van der Waals surface area contributed by atoms with Crippen LogP contribution in [-0.4, -0.2) is 25.1 Å². The SMILES string of the molecule is C=CCN1CCC2=c3ccc(OC)cc3=NC2=C1C. The highest BCUT2D eigenvalue weighted by atomic mass is 16.5. The molecular weight excluding hydrogens is 236 g/mol. The highest BCUT2D eigenvalue weighted by Crippen LogP contribution is 2.29. The van der Waals surface area contributed by atoms with E-state index in [-0.39, 0.29) is 0 Å². The van der Waals surface area contributed by atoms with Crippen molar-refractivity contribution in [3.8, 4) is 5.75 Å². The Kier molecular flexibility index (Phi) is 2.90. The summed E-state index contributed by atoms with van der Waals surface area (Å²) >= 11 is 0. The molecule has 0 spiro atoms. The van der Waals surface area contributed by atoms with Crippen molar-refractivity contribution in [3.63, 3.8) is 0 Å². The summed E-state index contributed by atoms with van der Waals surface area (Å²) in [6, 6.07) is 6.14. The molecule has 0 saturated heterocycles. The van der Waals surface area contributed by atoms with Gasteiger partial charge >= 0.3 is 0 Å². The number of hydrogen-bond acceptors (Lipinski definition) is 3. The molecule has 0 saturated carbocycles. The van der Waals surface area contributed by atoms with E-state index in [2.05, 4.69) is 24.5 Å². The Morgan fingerprint density at radius 1 is 1.47 bits per heavy atom. The summed E-state index contributed by atoms with van der Waals surface area (Å²) in [5.74, 6) is 0.864. The first-order chi connectivity index (χ1) is 9.24. The lowest BCUT2D eigenvalue weighted by Gasteiger charge is -2.30. The molecule has 3 nitrogen and oxygen atoms in total. The lowest BCUT2D eigenvalue weighted by Crippen LogP contribution is -2.29. The largest absolute Gasteiger partial charge is 0.497 e. The summed E-state index contributed by atoms with van der Waals surface area (Å²) in [7, 11) is 1.69. The molecule has 3 heteroatoms. The minimum absolute atomic E-state index is 0.864. The van der Waals surface area contributed by atoms with E-state index in [0.29, 0.717) is 0 Å². The lowest BCUT2D eigenvalue weighted by atomic mass is 10.0. The van der Waals surface area contributed by atoms with E-state index in [9.17, 15) is 0 Å². The molecule has 0 radical (unpaired) electrons. The third kappa shape index (κ3) is 1.86. The van der Waals surface area contributed by atoms with E-state index in [1.165, 1.54) is 16.5 Å². The number of rotatable bonds is 3. The maximum atomic E-state index is 5.27. The molecule has 0 aromatic heterocycles. The van der Waals surface area contributed by atoms with Crippen LogP contribution in [0.15, 0.2) is 47.2 Å². The first-order valence-corrected chi connectivity index (χ1v) is 6.57. The Morgan fingerprint density at radius 2 is 2.32 bits per heavy atom. The summed E-state index contributed by atoms with van der Waals surface area (Å²) in [6.07, 6.45) is 2.99. The summed E-state index contributed by atoms with van der Waals surface area (Å²) in [5, 5.41) is 2.29. The molecule has 3 rings (SSSR count). The summed E-state index contributed by atoms with van der Waals surface area (Å²) in [5.41, 5.74) is 3.75. The van der Waals surface area contributed by atoms with Crippen molar-refractivity contribution in [2.24, 2.45) is 4.99 Å². The molecule has 0 aliphatic carbocycles. The maximum absolute atomic E-state index is 5.27. The fourth-order valence-electron chi connectivity index (χ4n) is 2.80. The van der Waals surface area contributed by atoms with Crippen LogP contribution in [0.3, 0.4) is 0 Å². The van der Waals surface area contributed by atoms with Crippen LogP contribution in [0.25, 0.3) is 5.57 Å². The van der Waals surface area contributed by atoms with Crippen molar-refractivity contribution in [2.45, 2.75) is 13.3 Å². The molecule has 0 atom stereocenters. The number of methoxy groups -OCH3 is 1. The van der Waals surface area contributed by atoms with Crippen molar-refractivity contribution >= 4 is 5.57 Å². The van der Waals surface area contributed by atoms with Gasteiger partial charge in [-0.15, -0.1) is 6.58 Å². The topological polar surface area (TPSA) is 24.8 Å². The van der Waals surface area contributed by atoms with E-state index >= 15 is 0 Å². The fourth-order valence-corrected chi connectivity index (χ4v) is 2.80. The van der Waals surface area contributed by atoms with Gasteiger partial charge in [-0.3, -0.25) is 0 Å². The zero-order valence-electron chi connectivity index (χ0n) is 11.4. The predicted molar refractivity (Wildman–Crippen MR) is 76.3 cm³/mol. The van der Waals surface area contributed by atoms with Gasteiger partial charge in [0, 0.05) is 30.1 Å². The van der Waals surface area contributed by atoms with Gasteiger partial charge in [-0.1, -0.05) is 6.08 Å². The average molecular weight is 254 g/mol. The van der Waals surface area contributed by atoms with Crippen molar-refractivity contribution in [1.82, 2.24) is 4.90 Å². The van der Waals surface area contributed by atoms with Gasteiger partial charge in [0.2, 0.25) is 0 Å². The second-order valence-electron chi connectivity index (χ2n) is 4.89. The Morgan fingerprint density at radius 3 is 3.05 bits per heavy atom. The second kappa shape index (κ2) is 4.57. The summed E-state index contributed by atoms with van der Waals surface area (Å²) in [6.45, 7) is 7.89. The van der Waals surface area contributed by atoms with Crippen LogP contribution in [0, 0.1) is 0 Å². The smallest absolute Gasteiger partial charge is 0.121 e. The van der Waals surface area contributed by atoms with E-state index in [1.807, 2.05) is 18.2 Å². The molecule has 2 heterocycles. The van der Waals surface area contributed by atoms with Crippen LogP contribution >= 0.6 is 0 Å². The number of allylic oxidation sites excluding steroid dienone is 2. The molecule has 19 heavy (non-hydrogen) atoms. The van der Waals surface area contributed by atoms with Gasteiger partial charge in [0.15, 0.2) is 0 Å². The molecule has 98 valence electrons. The highest BCUT2D eigenvalue weighted by molar-refractivity contribution is 5.68. The average Bonchev–Trinajstić information content (AvgIpc) is 2.80. The molecule has 0 fully saturated rings. The minimum atomic E-state index is 0.864. The number of nitrogens with zero attached hydrogens (tertiary/aromatic N) is 2. The van der Waals surface area contributed by atoms with Crippen molar-refractivity contribution in [1.29, 1.82) is 0 Å². The van der Waals surface area contributed by atoms with Gasteiger partial charge < -0.3 is 9.64 Å². The quantitative estimate of drug-likeness (QED) is 0.765. The first-order valence-electron chi connectivity index (χ1n) is 6.57. The van der Waals surface area contributed by atoms with Gasteiger partial charge in [-0.2, -0.15) is 0 Å². The van der Waals surface area contributed by atoms with Crippen LogP contribution in [0.4, 0.5) is 0 Å². The van der Waals surface area contributed by atoms with E-state index in [1.54, 1.807) is 7.11 Å². The molecule has 0 unspecified atom stereocenters. The normalized spacial score (nSPS) is 16.9. The molecule has 0 amide bonds. The van der Waals surface area contributed by atoms with Crippen molar-refractivity contribution in [3.05, 3.63) is 52.8 Å². The van der Waals surface area contributed by atoms with E-state index in [0.717, 1.165) is 36.3 Å². The zero-order valence-corrected chi connectivity index (χ0v) is 11.4. The van der Waals surface area contributed by atoms with Crippen molar-refractivity contribution < 1.29 is 4.74 Å². The number of benzene rings is 1. The fraction of sp³-hybridized carbons (Fsp3) is 0.312. The molecule has 2 aliphatic heterocycles. The van der Waals surface area contributed by atoms with Crippen LogP contribution in [0.1, 0.15) is 13.3 Å². The zero-order chi connectivity index (χ0) is 13.4. The van der Waals surface area contributed by atoms with Gasteiger partial charge in [-0.05, 0) is 31.1 Å². The summed E-state index contributed by atoms with van der Waals surface area (Å²) < 4.78 is 5.27. The monoisotopic (exact) mass is 254 g/mol. The Bertz CT molecular complexity index is 685. The van der Waals surface area contributed by atoms with E-state index < -0.39 is 0 Å². The van der Waals surface area contributed by atoms with Crippen molar-refractivity contribution in [2.75, 3.05) is 20.2 Å². The van der Waals surface area contributed by atoms with Crippen LogP contribution in [0.5, 0.6) is 5.75 Å². The molecule has 0 N–H and O–H groups in total. The standard InChI is InChI=1S/C16H18N2O/c1-4-8-18-9-7-14-13-6-5-12(19-3)10-15(13)17-16(14)11(18)2/h4-6,10H,1,7-9H2,2-3H3. The molecule has 1 aromatic rings. The van der Waals surface area contributed by atoms with Gasteiger partial charge in [0.05, 0.1) is 18.2 Å². The Balaban J connectivity index is 2.17. The Hall–Kier alpha value is -2.03. The van der Waals surface area contributed by atoms with Crippen LogP contribution in [-0.2, 0) is 0 Å². The molecule has 2 aliphatic rings.